The summed E-state index contributed by atoms with van der Waals surface area (Å²) in [4.78, 5) is 53.1. The molecule has 0 amide bonds. The second-order valence-corrected chi connectivity index (χ2v) is 8.20. The highest BCUT2D eigenvalue weighted by Crippen LogP contribution is 2.10. The molecule has 0 aliphatic carbocycles. The normalized spacial score (nSPS) is 22.6. The van der Waals surface area contributed by atoms with Crippen molar-refractivity contribution in [2.24, 2.45) is 0 Å². The minimum atomic E-state index is -1.02. The molecule has 0 saturated carbocycles. The monoisotopic (exact) mass is 460 g/mol. The Kier molecular flexibility index (Phi) is 11.0. The first-order valence-corrected chi connectivity index (χ1v) is 10.7. The molecule has 0 radical (unpaired) electrons. The molecule has 1 aliphatic rings. The van der Waals surface area contributed by atoms with E-state index < -0.39 is 48.0 Å². The van der Waals surface area contributed by atoms with Gasteiger partial charge in [0.05, 0.1) is 0 Å². The summed E-state index contributed by atoms with van der Waals surface area (Å²) in [6, 6.07) is -3.31. The van der Waals surface area contributed by atoms with Crippen LogP contribution in [0.4, 0.5) is 0 Å². The first-order chi connectivity index (χ1) is 14.9. The van der Waals surface area contributed by atoms with Crippen LogP contribution in [0.25, 0.3) is 0 Å². The number of hydrogen-bond acceptors (Lipinski definition) is 8. The number of carbonyl (C=O) groups is 4. The highest BCUT2D eigenvalue weighted by molar-refractivity contribution is 5.74. The van der Waals surface area contributed by atoms with Gasteiger partial charge in [0, 0.05) is 52.4 Å². The van der Waals surface area contributed by atoms with E-state index in [2.05, 4.69) is 0 Å². The van der Waals surface area contributed by atoms with E-state index in [-0.39, 0.29) is 52.4 Å². The van der Waals surface area contributed by atoms with Crippen LogP contribution in [0.15, 0.2) is 0 Å². The van der Waals surface area contributed by atoms with Crippen LogP contribution in [0.3, 0.4) is 0 Å². The van der Waals surface area contributed by atoms with Crippen molar-refractivity contribution in [2.45, 2.75) is 51.9 Å². The molecular formula is C20H36N4O8. The van der Waals surface area contributed by atoms with Crippen LogP contribution < -0.4 is 0 Å². The molecule has 1 heterocycles. The predicted octanol–water partition coefficient (Wildman–Crippen LogP) is -0.900. The fourth-order valence-corrected chi connectivity index (χ4v) is 3.65. The predicted molar refractivity (Wildman–Crippen MR) is 115 cm³/mol. The molecule has 12 heteroatoms. The summed E-state index contributed by atoms with van der Waals surface area (Å²) >= 11 is 0. The third-order valence-corrected chi connectivity index (χ3v) is 6.32. The molecule has 1 aliphatic heterocycles. The Labute approximate surface area is 188 Å². The van der Waals surface area contributed by atoms with Gasteiger partial charge in [-0.05, 0) is 27.7 Å². The largest absolute Gasteiger partial charge is 0.480 e. The van der Waals surface area contributed by atoms with Gasteiger partial charge in [0.25, 0.3) is 0 Å². The average Bonchev–Trinajstić information content (AvgIpc) is 2.72. The Morgan fingerprint density at radius 2 is 0.562 bits per heavy atom. The molecule has 1 fully saturated rings. The van der Waals surface area contributed by atoms with Crippen LogP contribution in [0.5, 0.6) is 0 Å². The Morgan fingerprint density at radius 3 is 0.656 bits per heavy atom. The molecule has 0 aromatic rings. The zero-order valence-electron chi connectivity index (χ0n) is 19.2. The molecule has 0 aromatic carbocycles. The van der Waals surface area contributed by atoms with Gasteiger partial charge in [0.2, 0.25) is 0 Å². The van der Waals surface area contributed by atoms with Crippen molar-refractivity contribution >= 4 is 23.9 Å². The quantitative estimate of drug-likeness (QED) is 0.354. The average molecular weight is 461 g/mol. The summed E-state index contributed by atoms with van der Waals surface area (Å²) in [7, 11) is 0. The molecule has 0 unspecified atom stereocenters. The summed E-state index contributed by atoms with van der Waals surface area (Å²) in [5.74, 6) is -4.08. The molecule has 12 nitrogen and oxygen atoms in total. The van der Waals surface area contributed by atoms with Crippen molar-refractivity contribution < 1.29 is 39.6 Å². The van der Waals surface area contributed by atoms with Crippen LogP contribution in [0.1, 0.15) is 27.7 Å². The molecule has 4 N–H and O–H groups in total. The Hall–Kier alpha value is -2.28. The standard InChI is InChI=1S/C20H36N4O8/c1-13(17(25)26)21-5-7-22(14(2)18(27)28)9-11-24(16(4)20(31)32)12-10-23(8-6-21)15(3)19(29)30/h13-16H,5-12H2,1-4H3,(H,25,26)(H,27,28)(H,29,30)(H,31,32)/t13-,14+,15+,16-. The maximum absolute atomic E-state index is 11.6. The van der Waals surface area contributed by atoms with Crippen molar-refractivity contribution in [1.29, 1.82) is 0 Å². The Bertz CT molecular complexity index is 548. The van der Waals surface area contributed by atoms with E-state index in [1.54, 1.807) is 47.3 Å². The van der Waals surface area contributed by atoms with E-state index in [0.29, 0.717) is 0 Å². The molecule has 184 valence electrons. The van der Waals surface area contributed by atoms with Crippen LogP contribution in [-0.4, -0.2) is 140 Å². The van der Waals surface area contributed by atoms with E-state index in [1.807, 2.05) is 0 Å². The highest BCUT2D eigenvalue weighted by atomic mass is 16.4. The topological polar surface area (TPSA) is 162 Å². The second kappa shape index (κ2) is 12.7. The van der Waals surface area contributed by atoms with Crippen LogP contribution in [0.2, 0.25) is 0 Å². The lowest BCUT2D eigenvalue weighted by molar-refractivity contribution is -0.147. The van der Waals surface area contributed by atoms with Crippen molar-refractivity contribution in [3.05, 3.63) is 0 Å². The van der Waals surface area contributed by atoms with Gasteiger partial charge in [-0.3, -0.25) is 38.8 Å². The number of carboxylic acid groups (broad SMARTS) is 4. The Balaban J connectivity index is 3.21. The SMILES string of the molecule is C[C@H](C(=O)O)N1CCN([C@@H](C)C(=O)O)CCN([C@H](C)C(=O)O)CCN([C@@H](C)C(=O)O)CC1. The number of carboxylic acids is 4. The lowest BCUT2D eigenvalue weighted by Crippen LogP contribution is -2.55. The van der Waals surface area contributed by atoms with E-state index in [1.165, 1.54) is 0 Å². The number of aliphatic carboxylic acids is 4. The summed E-state index contributed by atoms with van der Waals surface area (Å²) in [6.07, 6.45) is 0. The van der Waals surface area contributed by atoms with Gasteiger partial charge in [0.1, 0.15) is 24.2 Å². The van der Waals surface area contributed by atoms with E-state index in [0.717, 1.165) is 0 Å². The van der Waals surface area contributed by atoms with Crippen molar-refractivity contribution in [3.63, 3.8) is 0 Å². The molecule has 0 spiro atoms. The number of nitrogens with zero attached hydrogens (tertiary/aromatic N) is 4. The smallest absolute Gasteiger partial charge is 0.320 e. The van der Waals surface area contributed by atoms with E-state index >= 15 is 0 Å². The molecule has 0 aromatic heterocycles. The first kappa shape index (κ1) is 27.8. The van der Waals surface area contributed by atoms with Crippen molar-refractivity contribution in [1.82, 2.24) is 19.6 Å². The summed E-state index contributed by atoms with van der Waals surface area (Å²) in [5, 5.41) is 37.9. The summed E-state index contributed by atoms with van der Waals surface area (Å²) < 4.78 is 0. The summed E-state index contributed by atoms with van der Waals surface area (Å²) in [6.45, 7) is 8.35. The van der Waals surface area contributed by atoms with Gasteiger partial charge < -0.3 is 20.4 Å². The maximum atomic E-state index is 11.6. The zero-order chi connectivity index (χ0) is 24.6. The van der Waals surface area contributed by atoms with Crippen LogP contribution in [-0.2, 0) is 19.2 Å². The number of rotatable bonds is 8. The number of hydrogen-bond donors (Lipinski definition) is 4. The van der Waals surface area contributed by atoms with Crippen LogP contribution in [0, 0.1) is 0 Å². The van der Waals surface area contributed by atoms with Crippen LogP contribution >= 0.6 is 0 Å². The molecule has 32 heavy (non-hydrogen) atoms. The van der Waals surface area contributed by atoms with Gasteiger partial charge in [-0.25, -0.2) is 0 Å². The molecule has 1 rings (SSSR count). The lowest BCUT2D eigenvalue weighted by Gasteiger charge is -2.38. The molecule has 1 saturated heterocycles. The third-order valence-electron chi connectivity index (χ3n) is 6.32. The van der Waals surface area contributed by atoms with E-state index in [4.69, 9.17) is 0 Å². The van der Waals surface area contributed by atoms with Crippen molar-refractivity contribution in [2.75, 3.05) is 52.4 Å². The van der Waals surface area contributed by atoms with Gasteiger partial charge in [-0.1, -0.05) is 0 Å². The summed E-state index contributed by atoms with van der Waals surface area (Å²) in [5.41, 5.74) is 0. The van der Waals surface area contributed by atoms with Crippen molar-refractivity contribution in [3.8, 4) is 0 Å². The van der Waals surface area contributed by atoms with Gasteiger partial charge in [0.15, 0.2) is 0 Å². The molecule has 0 bridgehead atoms. The van der Waals surface area contributed by atoms with E-state index in [9.17, 15) is 39.6 Å². The fourth-order valence-electron chi connectivity index (χ4n) is 3.65. The van der Waals surface area contributed by atoms with Gasteiger partial charge >= 0.3 is 23.9 Å². The molecular weight excluding hydrogens is 424 g/mol. The minimum Gasteiger partial charge on any atom is -0.480 e. The fraction of sp³-hybridized carbons (Fsp3) is 0.800. The Morgan fingerprint density at radius 1 is 0.438 bits per heavy atom. The maximum Gasteiger partial charge on any atom is 0.320 e. The minimum absolute atomic E-state index is 0.273. The van der Waals surface area contributed by atoms with Gasteiger partial charge in [-0.15, -0.1) is 0 Å². The third kappa shape index (κ3) is 8.01. The highest BCUT2D eigenvalue weighted by Gasteiger charge is 2.30. The lowest BCUT2D eigenvalue weighted by atomic mass is 10.2. The van der Waals surface area contributed by atoms with Gasteiger partial charge in [-0.2, -0.15) is 0 Å². The molecule has 4 atom stereocenters. The zero-order valence-corrected chi connectivity index (χ0v) is 19.2. The first-order valence-electron chi connectivity index (χ1n) is 10.7. The second-order valence-electron chi connectivity index (χ2n) is 8.20.